The summed E-state index contributed by atoms with van der Waals surface area (Å²) in [4.78, 5) is 13.9. The van der Waals surface area contributed by atoms with E-state index in [0.717, 1.165) is 24.7 Å². The van der Waals surface area contributed by atoms with Gasteiger partial charge in [0.25, 0.3) is 0 Å². The molecule has 0 amide bonds. The van der Waals surface area contributed by atoms with Crippen LogP contribution in [0, 0.1) is 0 Å². The fourth-order valence-electron chi connectivity index (χ4n) is 3.43. The summed E-state index contributed by atoms with van der Waals surface area (Å²) >= 11 is 0. The molecule has 1 atom stereocenters. The average molecular weight is 389 g/mol. The second-order valence-electron chi connectivity index (χ2n) is 6.75. The average Bonchev–Trinajstić information content (AvgIpc) is 3.14. The molecular weight excluding hydrogens is 371 g/mol. The third-order valence-electron chi connectivity index (χ3n) is 4.80. The first-order valence-corrected chi connectivity index (χ1v) is 8.87. The van der Waals surface area contributed by atoms with Gasteiger partial charge in [0.1, 0.15) is 18.0 Å². The van der Waals surface area contributed by atoms with E-state index in [1.165, 1.54) is 12.4 Å². The largest absolute Gasteiger partial charge is 0.433 e. The number of alkyl halides is 3. The molecule has 0 radical (unpaired) electrons. The summed E-state index contributed by atoms with van der Waals surface area (Å²) in [5, 5.41) is 8.07. The number of aromatic nitrogens is 6. The maximum Gasteiger partial charge on any atom is 0.433 e. The summed E-state index contributed by atoms with van der Waals surface area (Å²) < 4.78 is 42.2. The minimum Gasteiger partial charge on any atom is -0.356 e. The van der Waals surface area contributed by atoms with Crippen LogP contribution in [0.15, 0.2) is 36.9 Å². The van der Waals surface area contributed by atoms with E-state index in [-0.39, 0.29) is 17.6 Å². The Morgan fingerprint density at radius 3 is 2.61 bits per heavy atom. The Morgan fingerprint density at radius 2 is 1.93 bits per heavy atom. The molecule has 0 spiro atoms. The van der Waals surface area contributed by atoms with Gasteiger partial charge >= 0.3 is 6.18 Å². The molecule has 1 aliphatic heterocycles. The van der Waals surface area contributed by atoms with E-state index < -0.39 is 11.9 Å². The minimum absolute atomic E-state index is 0.0352. The molecule has 1 aliphatic rings. The van der Waals surface area contributed by atoms with Crippen molar-refractivity contribution in [1.82, 2.24) is 29.7 Å². The Bertz CT molecular complexity index is 955. The Balaban J connectivity index is 1.71. The predicted octanol–water partition coefficient (Wildman–Crippen LogP) is 3.07. The van der Waals surface area contributed by atoms with Gasteiger partial charge in [-0.15, -0.1) is 10.2 Å². The highest BCUT2D eigenvalue weighted by atomic mass is 19.4. The normalized spacial score (nSPS) is 17.7. The van der Waals surface area contributed by atoms with E-state index in [9.17, 15) is 13.2 Å². The topological polar surface area (TPSA) is 72.6 Å². The summed E-state index contributed by atoms with van der Waals surface area (Å²) in [6.07, 6.45) is 1.80. The number of piperidine rings is 1. The maximum atomic E-state index is 13.4. The van der Waals surface area contributed by atoms with Gasteiger partial charge in [-0.2, -0.15) is 13.2 Å². The highest BCUT2D eigenvalue weighted by molar-refractivity contribution is 5.57. The van der Waals surface area contributed by atoms with Crippen LogP contribution in [0.3, 0.4) is 0 Å². The lowest BCUT2D eigenvalue weighted by Gasteiger charge is -2.33. The Morgan fingerprint density at radius 1 is 1.14 bits per heavy atom. The van der Waals surface area contributed by atoms with Gasteiger partial charge in [0.15, 0.2) is 11.5 Å². The molecule has 1 unspecified atom stereocenters. The third kappa shape index (κ3) is 3.67. The minimum atomic E-state index is -4.56. The second-order valence-corrected chi connectivity index (χ2v) is 6.75. The van der Waals surface area contributed by atoms with Crippen molar-refractivity contribution in [2.75, 3.05) is 18.0 Å². The van der Waals surface area contributed by atoms with Gasteiger partial charge < -0.3 is 9.47 Å². The molecule has 0 saturated carbocycles. The van der Waals surface area contributed by atoms with Crippen molar-refractivity contribution in [1.29, 1.82) is 0 Å². The van der Waals surface area contributed by atoms with Crippen LogP contribution < -0.4 is 4.90 Å². The number of nitrogens with zero attached hydrogens (tertiary/aromatic N) is 7. The zero-order valence-electron chi connectivity index (χ0n) is 15.1. The van der Waals surface area contributed by atoms with Crippen molar-refractivity contribution in [3.05, 3.63) is 48.4 Å². The van der Waals surface area contributed by atoms with Crippen molar-refractivity contribution in [3.63, 3.8) is 0 Å². The molecule has 146 valence electrons. The van der Waals surface area contributed by atoms with E-state index >= 15 is 0 Å². The lowest BCUT2D eigenvalue weighted by atomic mass is 9.97. The fraction of sp³-hybridized carbons (Fsp3) is 0.389. The monoisotopic (exact) mass is 389 g/mol. The van der Waals surface area contributed by atoms with Crippen LogP contribution in [0.1, 0.15) is 30.3 Å². The molecule has 0 aromatic carbocycles. The zero-order chi connectivity index (χ0) is 19.7. The maximum absolute atomic E-state index is 13.4. The number of rotatable bonds is 3. The van der Waals surface area contributed by atoms with Gasteiger partial charge in [-0.3, -0.25) is 4.98 Å². The van der Waals surface area contributed by atoms with Crippen molar-refractivity contribution in [3.8, 4) is 11.4 Å². The molecule has 10 heteroatoms. The van der Waals surface area contributed by atoms with E-state index in [2.05, 4.69) is 25.1 Å². The molecule has 1 fully saturated rings. The second kappa shape index (κ2) is 7.17. The molecule has 7 nitrogen and oxygen atoms in total. The molecule has 4 rings (SSSR count). The SMILES string of the molecule is Cn1cnnc1C1CCCN(c2cc(C(F)(F)F)nc(-c3ccncc3)n2)C1. The summed E-state index contributed by atoms with van der Waals surface area (Å²) in [6, 6.07) is 4.21. The van der Waals surface area contributed by atoms with E-state index in [0.29, 0.717) is 18.7 Å². The Kier molecular flexibility index (Phi) is 4.70. The third-order valence-corrected chi connectivity index (χ3v) is 4.80. The quantitative estimate of drug-likeness (QED) is 0.686. The van der Waals surface area contributed by atoms with Crippen molar-refractivity contribution in [2.24, 2.45) is 7.05 Å². The number of pyridine rings is 1. The summed E-state index contributed by atoms with van der Waals surface area (Å²) in [5.74, 6) is 1.20. The summed E-state index contributed by atoms with van der Waals surface area (Å²) in [7, 11) is 1.86. The van der Waals surface area contributed by atoms with Gasteiger partial charge in [-0.25, -0.2) is 9.97 Å². The number of hydrogen-bond acceptors (Lipinski definition) is 6. The number of anilines is 1. The molecule has 0 N–H and O–H groups in total. The van der Waals surface area contributed by atoms with E-state index in [1.54, 1.807) is 18.5 Å². The smallest absolute Gasteiger partial charge is 0.356 e. The Hall–Kier alpha value is -3.04. The zero-order valence-corrected chi connectivity index (χ0v) is 15.1. The van der Waals surface area contributed by atoms with Crippen LogP contribution in [0.5, 0.6) is 0 Å². The van der Waals surface area contributed by atoms with E-state index in [1.807, 2.05) is 16.5 Å². The molecule has 4 heterocycles. The number of hydrogen-bond donors (Lipinski definition) is 0. The highest BCUT2D eigenvalue weighted by Crippen LogP contribution is 2.34. The predicted molar refractivity (Wildman–Crippen MR) is 95.5 cm³/mol. The van der Waals surface area contributed by atoms with Crippen molar-refractivity contribution < 1.29 is 13.2 Å². The van der Waals surface area contributed by atoms with Gasteiger partial charge in [-0.05, 0) is 25.0 Å². The summed E-state index contributed by atoms with van der Waals surface area (Å²) in [6.45, 7) is 1.15. The first-order valence-electron chi connectivity index (χ1n) is 8.87. The molecule has 0 aliphatic carbocycles. The summed E-state index contributed by atoms with van der Waals surface area (Å²) in [5.41, 5.74) is -0.464. The van der Waals surface area contributed by atoms with Crippen molar-refractivity contribution >= 4 is 5.82 Å². The van der Waals surface area contributed by atoms with Gasteiger partial charge in [-0.1, -0.05) is 0 Å². The molecule has 1 saturated heterocycles. The Labute approximate surface area is 159 Å². The van der Waals surface area contributed by atoms with Gasteiger partial charge in [0.2, 0.25) is 0 Å². The van der Waals surface area contributed by atoms with Gasteiger partial charge in [0, 0.05) is 50.1 Å². The first-order chi connectivity index (χ1) is 13.4. The highest BCUT2D eigenvalue weighted by Gasteiger charge is 2.35. The molecule has 0 bridgehead atoms. The number of aryl methyl sites for hydroxylation is 1. The van der Waals surface area contributed by atoms with Crippen LogP contribution in [0.25, 0.3) is 11.4 Å². The lowest BCUT2D eigenvalue weighted by Crippen LogP contribution is -2.36. The lowest BCUT2D eigenvalue weighted by molar-refractivity contribution is -0.141. The fourth-order valence-corrected chi connectivity index (χ4v) is 3.43. The van der Waals surface area contributed by atoms with E-state index in [4.69, 9.17) is 0 Å². The van der Waals surface area contributed by atoms with Crippen molar-refractivity contribution in [2.45, 2.75) is 24.9 Å². The molecule has 3 aromatic heterocycles. The first kappa shape index (κ1) is 18.3. The van der Waals surface area contributed by atoms with Crippen LogP contribution in [-0.2, 0) is 13.2 Å². The van der Waals surface area contributed by atoms with Crippen LogP contribution in [-0.4, -0.2) is 42.8 Å². The van der Waals surface area contributed by atoms with Crippen LogP contribution in [0.4, 0.5) is 19.0 Å². The molecule has 28 heavy (non-hydrogen) atoms. The number of halogens is 3. The van der Waals surface area contributed by atoms with Crippen LogP contribution >= 0.6 is 0 Å². The standard InChI is InChI=1S/C18H18F3N7/c1-27-11-23-26-17(27)13-3-2-8-28(10-13)15-9-14(18(19,20)21)24-16(25-15)12-4-6-22-7-5-12/h4-7,9,11,13H,2-3,8,10H2,1H3. The van der Waals surface area contributed by atoms with Gasteiger partial charge in [0.05, 0.1) is 0 Å². The van der Waals surface area contributed by atoms with Crippen LogP contribution in [0.2, 0.25) is 0 Å². The molecule has 3 aromatic rings. The molecular formula is C18H18F3N7.